The number of fused-ring (bicyclic) bond motifs is 1. The number of nitrogens with two attached hydrogens (primary N) is 1. The highest BCUT2D eigenvalue weighted by Gasteiger charge is 2.32. The van der Waals surface area contributed by atoms with E-state index in [1.54, 1.807) is 24.4 Å². The summed E-state index contributed by atoms with van der Waals surface area (Å²) in [6.07, 6.45) is -0.892. The number of ether oxygens (including phenoxy) is 1. The van der Waals surface area contributed by atoms with E-state index < -0.39 is 17.7 Å². The first-order chi connectivity index (χ1) is 16.0. The minimum Gasteiger partial charge on any atom is -0.490 e. The minimum absolute atomic E-state index is 0.0735. The van der Waals surface area contributed by atoms with Crippen molar-refractivity contribution >= 4 is 34.5 Å². The molecule has 0 saturated heterocycles. The molecule has 34 heavy (non-hydrogen) atoms. The van der Waals surface area contributed by atoms with Crippen molar-refractivity contribution in [1.82, 2.24) is 19.4 Å². The summed E-state index contributed by atoms with van der Waals surface area (Å²) in [5.41, 5.74) is 5.62. The second kappa shape index (κ2) is 8.92. The van der Waals surface area contributed by atoms with Gasteiger partial charge < -0.3 is 10.5 Å². The van der Waals surface area contributed by atoms with Crippen LogP contribution in [0.5, 0.6) is 5.75 Å². The third-order valence-electron chi connectivity index (χ3n) is 4.91. The number of rotatable bonds is 5. The molecule has 1 aromatic carbocycles. The molecular weight excluding hydrogens is 497 g/mol. The molecule has 0 aliphatic heterocycles. The number of anilines is 1. The van der Waals surface area contributed by atoms with E-state index in [0.717, 1.165) is 18.3 Å². The average molecular weight is 514 g/mol. The minimum atomic E-state index is -4.63. The molecule has 0 aliphatic rings. The van der Waals surface area contributed by atoms with Crippen LogP contribution in [0.1, 0.15) is 30.9 Å². The first kappa shape index (κ1) is 24.0. The van der Waals surface area contributed by atoms with Gasteiger partial charge in [-0.05, 0) is 26.0 Å². The number of pyridine rings is 1. The maximum atomic E-state index is 15.2. The summed E-state index contributed by atoms with van der Waals surface area (Å²) in [4.78, 5) is 11.8. The maximum Gasteiger partial charge on any atom is 0.433 e. The smallest absolute Gasteiger partial charge is 0.433 e. The number of nitrogen functional groups attached to an aromatic ring is 1. The Kier molecular flexibility index (Phi) is 6.30. The molecule has 0 aliphatic carbocycles. The van der Waals surface area contributed by atoms with E-state index in [4.69, 9.17) is 33.7 Å². The summed E-state index contributed by atoms with van der Waals surface area (Å²) in [7, 11) is 0. The maximum absolute atomic E-state index is 15.2. The van der Waals surface area contributed by atoms with Gasteiger partial charge in [0.25, 0.3) is 0 Å². The molecule has 0 bridgehead atoms. The Labute approximate surface area is 201 Å². The van der Waals surface area contributed by atoms with Crippen LogP contribution in [0.15, 0.2) is 36.8 Å². The fraction of sp³-hybridized carbons (Fsp3) is 0.227. The van der Waals surface area contributed by atoms with E-state index in [0.29, 0.717) is 16.9 Å². The highest BCUT2D eigenvalue weighted by molar-refractivity contribution is 6.33. The molecule has 0 spiro atoms. The van der Waals surface area contributed by atoms with Crippen molar-refractivity contribution in [2.45, 2.75) is 32.5 Å². The van der Waals surface area contributed by atoms with Crippen molar-refractivity contribution in [3.63, 3.8) is 0 Å². The van der Waals surface area contributed by atoms with Gasteiger partial charge in [0.15, 0.2) is 16.8 Å². The second-order valence-corrected chi connectivity index (χ2v) is 8.42. The van der Waals surface area contributed by atoms with Crippen LogP contribution in [0.4, 0.5) is 23.4 Å². The summed E-state index contributed by atoms with van der Waals surface area (Å²) in [5.74, 6) is -0.115. The summed E-state index contributed by atoms with van der Waals surface area (Å²) in [6.45, 7) is 3.47. The van der Waals surface area contributed by atoms with E-state index in [1.807, 2.05) is 0 Å². The zero-order valence-electron chi connectivity index (χ0n) is 17.8. The lowest BCUT2D eigenvalue weighted by Crippen LogP contribution is -2.11. The lowest BCUT2D eigenvalue weighted by atomic mass is 9.99. The Morgan fingerprint density at radius 1 is 1.18 bits per heavy atom. The molecule has 0 atom stereocenters. The van der Waals surface area contributed by atoms with Crippen molar-refractivity contribution in [1.29, 1.82) is 0 Å². The molecular formula is C22H17Cl2F4N5O. The van der Waals surface area contributed by atoms with Gasteiger partial charge in [-0.1, -0.05) is 29.3 Å². The lowest BCUT2D eigenvalue weighted by Gasteiger charge is -2.20. The number of hydrogen-bond acceptors (Lipinski definition) is 5. The van der Waals surface area contributed by atoms with Gasteiger partial charge >= 0.3 is 6.18 Å². The third kappa shape index (κ3) is 4.47. The van der Waals surface area contributed by atoms with Gasteiger partial charge in [0.2, 0.25) is 0 Å². The Morgan fingerprint density at radius 2 is 1.91 bits per heavy atom. The summed E-state index contributed by atoms with van der Waals surface area (Å²) in [5, 5.41) is -0.110. The summed E-state index contributed by atoms with van der Waals surface area (Å²) < 4.78 is 61.7. The molecule has 6 nitrogen and oxygen atoms in total. The fourth-order valence-corrected chi connectivity index (χ4v) is 4.02. The first-order valence-corrected chi connectivity index (χ1v) is 10.7. The van der Waals surface area contributed by atoms with Crippen molar-refractivity contribution < 1.29 is 22.3 Å². The molecule has 0 unspecified atom stereocenters. The average Bonchev–Trinajstić information content (AvgIpc) is 3.07. The van der Waals surface area contributed by atoms with Crippen LogP contribution in [-0.2, 0) is 12.6 Å². The SMILES string of the molecule is CC(C)Oc1c(Cc2nc(Cl)c3c(N)nccn23)cc(Cl)c(F)c1-c1ccc(C(F)(F)F)nc1. The van der Waals surface area contributed by atoms with Crippen LogP contribution in [-0.4, -0.2) is 25.5 Å². The topological polar surface area (TPSA) is 78.3 Å². The van der Waals surface area contributed by atoms with Gasteiger partial charge in [-0.25, -0.2) is 14.4 Å². The predicted octanol–water partition coefficient (Wildman–Crippen LogP) is 6.22. The second-order valence-electron chi connectivity index (χ2n) is 7.66. The largest absolute Gasteiger partial charge is 0.490 e. The third-order valence-corrected chi connectivity index (χ3v) is 5.45. The van der Waals surface area contributed by atoms with Crippen LogP contribution in [0.2, 0.25) is 10.2 Å². The Morgan fingerprint density at radius 3 is 2.53 bits per heavy atom. The quantitative estimate of drug-likeness (QED) is 0.320. The van der Waals surface area contributed by atoms with Gasteiger partial charge in [-0.2, -0.15) is 13.2 Å². The summed E-state index contributed by atoms with van der Waals surface area (Å²) >= 11 is 12.4. The first-order valence-electron chi connectivity index (χ1n) is 9.95. The fourth-order valence-electron chi connectivity index (χ4n) is 3.51. The van der Waals surface area contributed by atoms with Gasteiger partial charge in [-0.3, -0.25) is 9.38 Å². The van der Waals surface area contributed by atoms with Crippen molar-refractivity contribution in [2.75, 3.05) is 5.73 Å². The van der Waals surface area contributed by atoms with E-state index in [9.17, 15) is 13.2 Å². The number of nitrogens with zero attached hydrogens (tertiary/aromatic N) is 4. The monoisotopic (exact) mass is 513 g/mol. The van der Waals surface area contributed by atoms with Gasteiger partial charge in [0.05, 0.1) is 16.7 Å². The van der Waals surface area contributed by atoms with Gasteiger partial charge in [0, 0.05) is 36.1 Å². The summed E-state index contributed by atoms with van der Waals surface area (Å²) in [6, 6.07) is 3.27. The number of imidazole rings is 1. The Hall–Kier alpha value is -3.11. The van der Waals surface area contributed by atoms with Crippen LogP contribution in [0.3, 0.4) is 0 Å². The van der Waals surface area contributed by atoms with E-state index in [2.05, 4.69) is 15.0 Å². The van der Waals surface area contributed by atoms with Crippen LogP contribution >= 0.6 is 23.2 Å². The normalized spacial score (nSPS) is 12.0. The molecule has 3 heterocycles. The van der Waals surface area contributed by atoms with Crippen LogP contribution in [0.25, 0.3) is 16.6 Å². The highest BCUT2D eigenvalue weighted by Crippen LogP contribution is 2.41. The zero-order valence-corrected chi connectivity index (χ0v) is 19.3. The Bertz CT molecular complexity index is 1370. The van der Waals surface area contributed by atoms with Gasteiger partial charge in [-0.15, -0.1) is 0 Å². The lowest BCUT2D eigenvalue weighted by molar-refractivity contribution is -0.141. The highest BCUT2D eigenvalue weighted by atomic mass is 35.5. The van der Waals surface area contributed by atoms with Crippen molar-refractivity contribution in [3.8, 4) is 16.9 Å². The number of benzene rings is 1. The van der Waals surface area contributed by atoms with Crippen molar-refractivity contribution in [3.05, 3.63) is 69.9 Å². The zero-order chi connectivity index (χ0) is 24.8. The van der Waals surface area contributed by atoms with E-state index in [1.165, 1.54) is 12.3 Å². The number of halogens is 6. The molecule has 2 N–H and O–H groups in total. The number of alkyl halides is 3. The molecule has 4 rings (SSSR count). The molecule has 0 fully saturated rings. The molecule has 178 valence electrons. The van der Waals surface area contributed by atoms with E-state index in [-0.39, 0.29) is 45.4 Å². The Balaban J connectivity index is 1.89. The standard InChI is InChI=1S/C22H17Cl2F4N5O/c1-10(2)34-19-12(8-15-32-20(24)18-21(29)30-5-6-33(15)18)7-13(23)17(25)16(19)11-3-4-14(31-9-11)22(26,27)28/h3-7,9-10H,8H2,1-2H3,(H2,29,30). The van der Waals surface area contributed by atoms with Crippen LogP contribution < -0.4 is 10.5 Å². The van der Waals surface area contributed by atoms with E-state index >= 15 is 4.39 Å². The molecule has 0 amide bonds. The molecule has 3 aromatic heterocycles. The predicted molar refractivity (Wildman–Crippen MR) is 121 cm³/mol. The van der Waals surface area contributed by atoms with Crippen molar-refractivity contribution in [2.24, 2.45) is 0 Å². The number of hydrogen-bond donors (Lipinski definition) is 1. The molecule has 4 aromatic rings. The van der Waals surface area contributed by atoms with Gasteiger partial charge in [0.1, 0.15) is 22.8 Å². The molecule has 12 heteroatoms. The number of aromatic nitrogens is 4. The molecule has 0 saturated carbocycles. The molecule has 0 radical (unpaired) electrons. The van der Waals surface area contributed by atoms with Crippen LogP contribution in [0, 0.1) is 5.82 Å².